The van der Waals surface area contributed by atoms with Crippen LogP contribution < -0.4 is 24.8 Å². The Kier molecular flexibility index (Phi) is 7.99. The Labute approximate surface area is 206 Å². The maximum absolute atomic E-state index is 12.4. The Balaban J connectivity index is 1.37. The van der Waals surface area contributed by atoms with Crippen LogP contribution in [0.3, 0.4) is 0 Å². The van der Waals surface area contributed by atoms with Crippen molar-refractivity contribution in [3.8, 4) is 28.5 Å². The third kappa shape index (κ3) is 7.14. The quantitative estimate of drug-likeness (QED) is 0.422. The molecule has 1 aliphatic rings. The van der Waals surface area contributed by atoms with Crippen LogP contribution in [0, 0.1) is 0 Å². The number of anilines is 1. The van der Waals surface area contributed by atoms with Crippen molar-refractivity contribution in [3.05, 3.63) is 54.7 Å². The van der Waals surface area contributed by atoms with Gasteiger partial charge in [0.25, 0.3) is 5.91 Å². The van der Waals surface area contributed by atoms with Gasteiger partial charge < -0.3 is 24.8 Å². The zero-order chi connectivity index (χ0) is 25.5. The Morgan fingerprint density at radius 2 is 1.92 bits per heavy atom. The molecule has 0 saturated carbocycles. The average Bonchev–Trinajstić information content (AvgIpc) is 3.50. The van der Waals surface area contributed by atoms with Crippen LogP contribution in [0.2, 0.25) is 0 Å². The SMILES string of the molecule is Cn1nccc1-c1cc(NC(=O)COc2ccc(OC(F)(F)F)cc2)ccc1OCCC1CCCN1. The first kappa shape index (κ1) is 25.4. The van der Waals surface area contributed by atoms with Crippen molar-refractivity contribution in [1.82, 2.24) is 15.1 Å². The summed E-state index contributed by atoms with van der Waals surface area (Å²) in [5.41, 5.74) is 2.16. The number of nitrogens with one attached hydrogen (secondary N) is 2. The molecule has 0 radical (unpaired) electrons. The lowest BCUT2D eigenvalue weighted by Crippen LogP contribution is -2.23. The van der Waals surface area contributed by atoms with E-state index in [1.807, 2.05) is 13.1 Å². The molecule has 8 nitrogen and oxygen atoms in total. The number of aromatic nitrogens is 2. The molecule has 4 rings (SSSR count). The Morgan fingerprint density at radius 1 is 1.14 bits per heavy atom. The fourth-order valence-corrected chi connectivity index (χ4v) is 3.97. The fourth-order valence-electron chi connectivity index (χ4n) is 3.97. The van der Waals surface area contributed by atoms with E-state index in [-0.39, 0.29) is 18.1 Å². The van der Waals surface area contributed by atoms with Crippen LogP contribution >= 0.6 is 0 Å². The highest BCUT2D eigenvalue weighted by Gasteiger charge is 2.31. The highest BCUT2D eigenvalue weighted by Crippen LogP contribution is 2.33. The summed E-state index contributed by atoms with van der Waals surface area (Å²) in [4.78, 5) is 12.4. The molecule has 1 aliphatic heterocycles. The number of hydrogen-bond acceptors (Lipinski definition) is 6. The molecule has 0 bridgehead atoms. The molecule has 0 aliphatic carbocycles. The standard InChI is InChI=1S/C25H27F3N4O4/c1-32-22(10-13-30-32)21-15-18(4-9-23(21)34-14-11-17-3-2-12-29-17)31-24(33)16-35-19-5-7-20(8-6-19)36-25(26,27)28/h4-10,13,15,17,29H,2-3,11-12,14,16H2,1H3,(H,31,33). The topological polar surface area (TPSA) is 86.6 Å². The maximum Gasteiger partial charge on any atom is 0.573 e. The van der Waals surface area contributed by atoms with Gasteiger partial charge in [0.2, 0.25) is 0 Å². The predicted molar refractivity (Wildman–Crippen MR) is 127 cm³/mol. The number of hydrogen-bond donors (Lipinski definition) is 2. The van der Waals surface area contributed by atoms with Crippen molar-refractivity contribution in [2.24, 2.45) is 7.05 Å². The van der Waals surface area contributed by atoms with E-state index in [1.165, 1.54) is 18.6 Å². The van der Waals surface area contributed by atoms with E-state index in [0.29, 0.717) is 24.1 Å². The lowest BCUT2D eigenvalue weighted by molar-refractivity contribution is -0.274. The Morgan fingerprint density at radius 3 is 2.58 bits per heavy atom. The number of aryl methyl sites for hydroxylation is 1. The normalized spacial score (nSPS) is 15.5. The summed E-state index contributed by atoms with van der Waals surface area (Å²) in [6.07, 6.45) is 0.150. The highest BCUT2D eigenvalue weighted by atomic mass is 19.4. The molecule has 36 heavy (non-hydrogen) atoms. The molecule has 2 aromatic carbocycles. The molecule has 2 N–H and O–H groups in total. The van der Waals surface area contributed by atoms with Gasteiger partial charge in [0.15, 0.2) is 6.61 Å². The molecule has 192 valence electrons. The van der Waals surface area contributed by atoms with Crippen LogP contribution in [-0.4, -0.2) is 47.9 Å². The summed E-state index contributed by atoms with van der Waals surface area (Å²) >= 11 is 0. The van der Waals surface area contributed by atoms with E-state index in [2.05, 4.69) is 20.5 Å². The van der Waals surface area contributed by atoms with Gasteiger partial charge in [-0.25, -0.2) is 0 Å². The van der Waals surface area contributed by atoms with Gasteiger partial charge in [0.05, 0.1) is 12.3 Å². The van der Waals surface area contributed by atoms with Crippen molar-refractivity contribution in [1.29, 1.82) is 0 Å². The van der Waals surface area contributed by atoms with Crippen LogP contribution in [0.4, 0.5) is 18.9 Å². The predicted octanol–water partition coefficient (Wildman–Crippen LogP) is 4.52. The molecule has 1 saturated heterocycles. The van der Waals surface area contributed by atoms with Crippen LogP contribution in [0.15, 0.2) is 54.7 Å². The number of amides is 1. The minimum Gasteiger partial charge on any atom is -0.493 e. The average molecular weight is 505 g/mol. The molecular formula is C25H27F3N4O4. The number of carbonyl (C=O) groups excluding carboxylic acids is 1. The maximum atomic E-state index is 12.4. The number of halogens is 3. The first-order valence-electron chi connectivity index (χ1n) is 11.5. The third-order valence-electron chi connectivity index (χ3n) is 5.67. The van der Waals surface area contributed by atoms with E-state index in [1.54, 1.807) is 29.1 Å². The monoisotopic (exact) mass is 504 g/mol. The van der Waals surface area contributed by atoms with Gasteiger partial charge in [-0.1, -0.05) is 0 Å². The molecule has 1 fully saturated rings. The van der Waals surface area contributed by atoms with Gasteiger partial charge in [-0.2, -0.15) is 5.10 Å². The fraction of sp³-hybridized carbons (Fsp3) is 0.360. The van der Waals surface area contributed by atoms with Crippen LogP contribution in [-0.2, 0) is 11.8 Å². The number of carbonyl (C=O) groups is 1. The first-order chi connectivity index (χ1) is 17.3. The number of nitrogens with zero attached hydrogens (tertiary/aromatic N) is 2. The molecule has 0 spiro atoms. The lowest BCUT2D eigenvalue weighted by atomic mass is 10.1. The number of ether oxygens (including phenoxy) is 3. The van der Waals surface area contributed by atoms with E-state index in [9.17, 15) is 18.0 Å². The molecule has 3 aromatic rings. The summed E-state index contributed by atoms with van der Waals surface area (Å²) in [6, 6.07) is 12.5. The Hall–Kier alpha value is -3.73. The molecule has 1 atom stereocenters. The van der Waals surface area contributed by atoms with Crippen LogP contribution in [0.1, 0.15) is 19.3 Å². The Bertz CT molecular complexity index is 1160. The molecule has 1 unspecified atom stereocenters. The van der Waals surface area contributed by atoms with Crippen molar-refractivity contribution in [2.45, 2.75) is 31.7 Å². The van der Waals surface area contributed by atoms with E-state index in [0.717, 1.165) is 42.8 Å². The van der Waals surface area contributed by atoms with Crippen molar-refractivity contribution in [2.75, 3.05) is 25.1 Å². The lowest BCUT2D eigenvalue weighted by Gasteiger charge is -2.16. The second kappa shape index (κ2) is 11.3. The minimum absolute atomic E-state index is 0.232. The summed E-state index contributed by atoms with van der Waals surface area (Å²) in [6.45, 7) is 1.28. The van der Waals surface area contributed by atoms with Gasteiger partial charge >= 0.3 is 6.36 Å². The van der Waals surface area contributed by atoms with Gasteiger partial charge in [0, 0.05) is 30.5 Å². The second-order valence-electron chi connectivity index (χ2n) is 8.34. The summed E-state index contributed by atoms with van der Waals surface area (Å²) < 4.78 is 53.8. The highest BCUT2D eigenvalue weighted by molar-refractivity contribution is 5.93. The van der Waals surface area contributed by atoms with Gasteiger partial charge in [-0.15, -0.1) is 13.2 Å². The van der Waals surface area contributed by atoms with Gasteiger partial charge in [-0.05, 0) is 74.3 Å². The van der Waals surface area contributed by atoms with E-state index < -0.39 is 12.3 Å². The second-order valence-corrected chi connectivity index (χ2v) is 8.34. The molecular weight excluding hydrogens is 477 g/mol. The number of rotatable bonds is 10. The number of alkyl halides is 3. The van der Waals surface area contributed by atoms with Crippen LogP contribution in [0.5, 0.6) is 17.2 Å². The minimum atomic E-state index is -4.77. The number of benzene rings is 2. The molecule has 1 aromatic heterocycles. The summed E-state index contributed by atoms with van der Waals surface area (Å²) in [5, 5.41) is 10.5. The largest absolute Gasteiger partial charge is 0.573 e. The van der Waals surface area contributed by atoms with E-state index in [4.69, 9.17) is 9.47 Å². The van der Waals surface area contributed by atoms with Crippen molar-refractivity contribution >= 4 is 11.6 Å². The summed E-state index contributed by atoms with van der Waals surface area (Å²) in [7, 11) is 1.83. The molecule has 2 heterocycles. The van der Waals surface area contributed by atoms with E-state index >= 15 is 0 Å². The first-order valence-corrected chi connectivity index (χ1v) is 11.5. The van der Waals surface area contributed by atoms with Crippen LogP contribution in [0.25, 0.3) is 11.3 Å². The zero-order valence-electron chi connectivity index (χ0n) is 19.7. The molecule has 11 heteroatoms. The zero-order valence-corrected chi connectivity index (χ0v) is 19.7. The smallest absolute Gasteiger partial charge is 0.493 e. The third-order valence-corrected chi connectivity index (χ3v) is 5.67. The van der Waals surface area contributed by atoms with Gasteiger partial charge in [-0.3, -0.25) is 9.48 Å². The molecule has 1 amide bonds. The van der Waals surface area contributed by atoms with Gasteiger partial charge in [0.1, 0.15) is 17.2 Å². The summed E-state index contributed by atoms with van der Waals surface area (Å²) in [5.74, 6) is 0.120. The van der Waals surface area contributed by atoms with Crippen molar-refractivity contribution < 1.29 is 32.2 Å². The van der Waals surface area contributed by atoms with Crippen molar-refractivity contribution in [3.63, 3.8) is 0 Å².